The molecule has 0 spiro atoms. The van der Waals surface area contributed by atoms with Gasteiger partial charge in [0.2, 0.25) is 5.78 Å². The lowest BCUT2D eigenvalue weighted by Crippen LogP contribution is -2.32. The van der Waals surface area contributed by atoms with E-state index in [-0.39, 0.29) is 23.7 Å². The molecular formula is C29H31NO4. The second-order valence-electron chi connectivity index (χ2n) is 9.45. The van der Waals surface area contributed by atoms with Crippen LogP contribution in [0.2, 0.25) is 0 Å². The van der Waals surface area contributed by atoms with Crippen LogP contribution in [0, 0.1) is 13.8 Å². The molecule has 0 aromatic heterocycles. The number of Topliss-reactive ketones (excluding diaryl/α,β-unsaturated/α-hetero) is 1. The summed E-state index contributed by atoms with van der Waals surface area (Å²) in [6, 6.07) is 21.6. The summed E-state index contributed by atoms with van der Waals surface area (Å²) in [5, 5.41) is 2.58. The molecule has 176 valence electrons. The van der Waals surface area contributed by atoms with Gasteiger partial charge in [-0.3, -0.25) is 14.4 Å². The van der Waals surface area contributed by atoms with Crippen LogP contribution in [0.4, 0.5) is 0 Å². The summed E-state index contributed by atoms with van der Waals surface area (Å²) >= 11 is 0. The fourth-order valence-electron chi connectivity index (χ4n) is 3.50. The zero-order valence-corrected chi connectivity index (χ0v) is 20.3. The number of carbonyl (C=O) groups is 3. The number of ether oxygens (including phenoxy) is 1. The Hall–Kier alpha value is -3.73. The molecule has 0 heterocycles. The highest BCUT2D eigenvalue weighted by Gasteiger charge is 2.26. The lowest BCUT2D eigenvalue weighted by atomic mass is 9.87. The monoisotopic (exact) mass is 457 g/mol. The Morgan fingerprint density at radius 3 is 2.03 bits per heavy atom. The van der Waals surface area contributed by atoms with Crippen molar-refractivity contribution in [1.82, 2.24) is 5.32 Å². The van der Waals surface area contributed by atoms with Crippen molar-refractivity contribution >= 4 is 17.7 Å². The Kier molecular flexibility index (Phi) is 7.67. The highest BCUT2D eigenvalue weighted by molar-refractivity contribution is 6.01. The number of benzene rings is 3. The number of rotatable bonds is 7. The van der Waals surface area contributed by atoms with E-state index in [9.17, 15) is 14.4 Å². The average Bonchev–Trinajstić information content (AvgIpc) is 2.82. The molecule has 3 aromatic rings. The molecule has 0 aliphatic heterocycles. The molecule has 0 bridgehead atoms. The molecule has 0 aliphatic carbocycles. The molecule has 0 saturated carbocycles. The number of hydrogen-bond donors (Lipinski definition) is 1. The molecule has 0 radical (unpaired) electrons. The van der Waals surface area contributed by atoms with Gasteiger partial charge in [-0.25, -0.2) is 0 Å². The molecule has 1 atom stereocenters. The van der Waals surface area contributed by atoms with Gasteiger partial charge in [0.25, 0.3) is 5.91 Å². The minimum absolute atomic E-state index is 0.0200. The van der Waals surface area contributed by atoms with Crippen molar-refractivity contribution in [2.75, 3.05) is 6.54 Å². The van der Waals surface area contributed by atoms with Crippen LogP contribution in [0.3, 0.4) is 0 Å². The number of esters is 1. The minimum Gasteiger partial charge on any atom is -0.448 e. The highest BCUT2D eigenvalue weighted by atomic mass is 16.5. The first-order valence-electron chi connectivity index (χ1n) is 11.3. The largest absolute Gasteiger partial charge is 0.448 e. The molecule has 0 aliphatic rings. The summed E-state index contributed by atoms with van der Waals surface area (Å²) in [5.41, 5.74) is 4.63. The van der Waals surface area contributed by atoms with Crippen molar-refractivity contribution in [1.29, 1.82) is 0 Å². The smallest absolute Gasteiger partial charge is 0.326 e. The van der Waals surface area contributed by atoms with Gasteiger partial charge < -0.3 is 10.1 Å². The fraction of sp³-hybridized carbons (Fsp3) is 0.276. The minimum atomic E-state index is -1.10. The number of aryl methyl sites for hydroxylation is 2. The van der Waals surface area contributed by atoms with Crippen LogP contribution >= 0.6 is 0 Å². The zero-order chi connectivity index (χ0) is 24.9. The van der Waals surface area contributed by atoms with E-state index in [2.05, 4.69) is 26.1 Å². The molecule has 3 rings (SSSR count). The topological polar surface area (TPSA) is 72.5 Å². The van der Waals surface area contributed by atoms with Crippen molar-refractivity contribution in [2.24, 2.45) is 0 Å². The van der Waals surface area contributed by atoms with E-state index in [1.165, 1.54) is 0 Å². The molecule has 1 N–H and O–H groups in total. The SMILES string of the molecule is Cc1ccc(C(=O)[C@H](OC(=O)CNC(=O)c2ccc(C(C)(C)C)cc2)c2ccccc2)cc1C. The summed E-state index contributed by atoms with van der Waals surface area (Å²) in [7, 11) is 0. The van der Waals surface area contributed by atoms with Crippen molar-refractivity contribution in [3.8, 4) is 0 Å². The van der Waals surface area contributed by atoms with Crippen LogP contribution in [-0.2, 0) is 14.9 Å². The number of ketones is 1. The van der Waals surface area contributed by atoms with E-state index in [4.69, 9.17) is 4.74 Å². The van der Waals surface area contributed by atoms with Crippen molar-refractivity contribution in [2.45, 2.75) is 46.1 Å². The number of hydrogen-bond acceptors (Lipinski definition) is 4. The Balaban J connectivity index is 1.70. The van der Waals surface area contributed by atoms with Gasteiger partial charge in [-0.2, -0.15) is 0 Å². The van der Waals surface area contributed by atoms with E-state index in [1.54, 1.807) is 48.5 Å². The quantitative estimate of drug-likeness (QED) is 0.376. The predicted molar refractivity (Wildman–Crippen MR) is 133 cm³/mol. The van der Waals surface area contributed by atoms with Gasteiger partial charge in [0.15, 0.2) is 6.10 Å². The molecule has 3 aromatic carbocycles. The Labute approximate surface area is 201 Å². The van der Waals surface area contributed by atoms with Gasteiger partial charge >= 0.3 is 5.97 Å². The third kappa shape index (κ3) is 6.19. The maximum atomic E-state index is 13.3. The summed E-state index contributed by atoms with van der Waals surface area (Å²) in [6.07, 6.45) is -1.10. The van der Waals surface area contributed by atoms with Crippen LogP contribution in [0.25, 0.3) is 0 Å². The van der Waals surface area contributed by atoms with Gasteiger partial charge in [0.1, 0.15) is 6.54 Å². The van der Waals surface area contributed by atoms with E-state index in [0.717, 1.165) is 16.7 Å². The van der Waals surface area contributed by atoms with E-state index >= 15 is 0 Å². The second-order valence-corrected chi connectivity index (χ2v) is 9.45. The van der Waals surface area contributed by atoms with Gasteiger partial charge in [0, 0.05) is 16.7 Å². The third-order valence-electron chi connectivity index (χ3n) is 5.79. The van der Waals surface area contributed by atoms with Crippen molar-refractivity contribution < 1.29 is 19.1 Å². The van der Waals surface area contributed by atoms with Crippen LogP contribution in [-0.4, -0.2) is 24.2 Å². The van der Waals surface area contributed by atoms with Crippen LogP contribution < -0.4 is 5.32 Å². The number of amides is 1. The molecule has 0 saturated heterocycles. The molecule has 5 heteroatoms. The van der Waals surface area contributed by atoms with Crippen LogP contribution in [0.5, 0.6) is 0 Å². The lowest BCUT2D eigenvalue weighted by Gasteiger charge is -2.19. The van der Waals surface area contributed by atoms with Crippen LogP contribution in [0.15, 0.2) is 72.8 Å². The van der Waals surface area contributed by atoms with Gasteiger partial charge in [0.05, 0.1) is 0 Å². The van der Waals surface area contributed by atoms with Gasteiger partial charge in [-0.15, -0.1) is 0 Å². The number of nitrogens with one attached hydrogen (secondary N) is 1. The van der Waals surface area contributed by atoms with Crippen molar-refractivity contribution in [3.63, 3.8) is 0 Å². The summed E-state index contributed by atoms with van der Waals surface area (Å²) in [5.74, 6) is -1.38. The lowest BCUT2D eigenvalue weighted by molar-refractivity contribution is -0.146. The average molecular weight is 458 g/mol. The number of carbonyl (C=O) groups excluding carboxylic acids is 3. The van der Waals surface area contributed by atoms with Crippen LogP contribution in [0.1, 0.15) is 69.8 Å². The maximum Gasteiger partial charge on any atom is 0.326 e. The maximum absolute atomic E-state index is 13.3. The zero-order valence-electron chi connectivity index (χ0n) is 20.3. The fourth-order valence-corrected chi connectivity index (χ4v) is 3.50. The van der Waals surface area contributed by atoms with E-state index in [1.807, 2.05) is 38.1 Å². The third-order valence-corrected chi connectivity index (χ3v) is 5.79. The van der Waals surface area contributed by atoms with Crippen molar-refractivity contribution in [3.05, 3.63) is 106 Å². The highest BCUT2D eigenvalue weighted by Crippen LogP contribution is 2.24. The first-order chi connectivity index (χ1) is 16.1. The predicted octanol–water partition coefficient (Wildman–Crippen LogP) is 5.50. The second kappa shape index (κ2) is 10.5. The standard InChI is InChI=1S/C29H31NO4/c1-19-11-12-23(17-20(19)2)26(32)27(21-9-7-6-8-10-21)34-25(31)18-30-28(33)22-13-15-24(16-14-22)29(3,4)5/h6-17,27H,18H2,1-5H3,(H,30,33)/t27-/m1/s1. The van der Waals surface area contributed by atoms with Gasteiger partial charge in [-0.05, 0) is 54.2 Å². The summed E-state index contributed by atoms with van der Waals surface area (Å²) in [6.45, 7) is 9.85. The molecule has 5 nitrogen and oxygen atoms in total. The molecule has 0 fully saturated rings. The van der Waals surface area contributed by atoms with E-state index in [0.29, 0.717) is 16.7 Å². The first kappa shape index (κ1) is 24.9. The Bertz CT molecular complexity index is 1180. The molecule has 34 heavy (non-hydrogen) atoms. The Morgan fingerprint density at radius 1 is 0.824 bits per heavy atom. The molecular weight excluding hydrogens is 426 g/mol. The van der Waals surface area contributed by atoms with Gasteiger partial charge in [-0.1, -0.05) is 75.4 Å². The summed E-state index contributed by atoms with van der Waals surface area (Å²) in [4.78, 5) is 38.4. The van der Waals surface area contributed by atoms with E-state index < -0.39 is 12.1 Å². The summed E-state index contributed by atoms with van der Waals surface area (Å²) < 4.78 is 5.57. The first-order valence-corrected chi connectivity index (χ1v) is 11.3. The Morgan fingerprint density at radius 2 is 1.44 bits per heavy atom. The normalized spacial score (nSPS) is 12.0. The molecule has 0 unspecified atom stereocenters. The molecule has 1 amide bonds.